The minimum atomic E-state index is -1.46. The zero-order chi connectivity index (χ0) is 22.9. The third-order valence-electron chi connectivity index (χ3n) is 3.92. The third kappa shape index (κ3) is 14.2. The number of urea groups is 1. The molecule has 0 bridgehead atoms. The predicted molar refractivity (Wildman–Crippen MR) is 104 cm³/mol. The van der Waals surface area contributed by atoms with Crippen LogP contribution in [0.1, 0.15) is 51.9 Å². The van der Waals surface area contributed by atoms with Crippen LogP contribution in [0.4, 0.5) is 4.79 Å². The van der Waals surface area contributed by atoms with Crippen LogP contribution >= 0.6 is 0 Å². The molecule has 6 N–H and O–H groups in total. The summed E-state index contributed by atoms with van der Waals surface area (Å²) in [5.41, 5.74) is 0. The Morgan fingerprint density at radius 2 is 1.43 bits per heavy atom. The normalized spacial score (nSPS) is 12.4. The predicted octanol–water partition coefficient (Wildman–Crippen LogP) is 0.160. The molecule has 12 nitrogen and oxygen atoms in total. The van der Waals surface area contributed by atoms with Crippen molar-refractivity contribution in [3.8, 4) is 0 Å². The Balaban J connectivity index is 4.26. The number of hydrogen-bond acceptors (Lipinski definition) is 6. The van der Waals surface area contributed by atoms with Gasteiger partial charge in [0.2, 0.25) is 5.91 Å². The topological polar surface area (TPSA) is 191 Å². The first kappa shape index (κ1) is 27.1. The largest absolute Gasteiger partial charge is 0.481 e. The molecule has 0 saturated heterocycles. The van der Waals surface area contributed by atoms with Crippen molar-refractivity contribution in [2.45, 2.75) is 64.0 Å². The van der Waals surface area contributed by atoms with Gasteiger partial charge in [-0.3, -0.25) is 9.59 Å². The molecule has 0 aliphatic heterocycles. The summed E-state index contributed by atoms with van der Waals surface area (Å²) >= 11 is 0. The van der Waals surface area contributed by atoms with E-state index in [1.165, 1.54) is 0 Å². The van der Waals surface area contributed by atoms with Crippen molar-refractivity contribution in [3.63, 3.8) is 0 Å². The summed E-state index contributed by atoms with van der Waals surface area (Å²) in [4.78, 5) is 56.5. The number of rotatable bonds is 17. The number of hydrogen-bond donors (Lipinski definition) is 6. The van der Waals surface area contributed by atoms with Gasteiger partial charge in [0, 0.05) is 26.0 Å². The molecule has 172 valence electrons. The molecular formula is C18H31N3O9. The Morgan fingerprint density at radius 1 is 0.833 bits per heavy atom. The Kier molecular flexibility index (Phi) is 14.4. The van der Waals surface area contributed by atoms with Crippen molar-refractivity contribution < 1.29 is 44.0 Å². The van der Waals surface area contributed by atoms with E-state index in [4.69, 9.17) is 14.9 Å². The van der Waals surface area contributed by atoms with Crippen LogP contribution in [0.2, 0.25) is 0 Å². The quantitative estimate of drug-likeness (QED) is 0.173. The average Bonchev–Trinajstić information content (AvgIpc) is 2.66. The molecule has 0 rings (SSSR count). The molecule has 0 radical (unpaired) electrons. The van der Waals surface area contributed by atoms with Crippen LogP contribution in [0.5, 0.6) is 0 Å². The molecule has 0 aromatic carbocycles. The molecule has 3 amide bonds. The lowest BCUT2D eigenvalue weighted by molar-refractivity contribution is -0.141. The average molecular weight is 433 g/mol. The molecule has 0 aliphatic carbocycles. The van der Waals surface area contributed by atoms with Crippen molar-refractivity contribution in [3.05, 3.63) is 0 Å². The van der Waals surface area contributed by atoms with Crippen molar-refractivity contribution in [2.24, 2.45) is 0 Å². The van der Waals surface area contributed by atoms with Crippen LogP contribution in [-0.4, -0.2) is 77.0 Å². The highest BCUT2D eigenvalue weighted by Gasteiger charge is 2.24. The van der Waals surface area contributed by atoms with Crippen molar-refractivity contribution >= 4 is 29.8 Å². The molecule has 0 heterocycles. The van der Waals surface area contributed by atoms with Gasteiger partial charge in [0.25, 0.3) is 0 Å². The number of ether oxygens (including phenoxy) is 1. The fourth-order valence-electron chi connectivity index (χ4n) is 2.37. The Bertz CT molecular complexity index is 583. The summed E-state index contributed by atoms with van der Waals surface area (Å²) in [6, 6.07) is -3.75. The second-order valence-corrected chi connectivity index (χ2v) is 6.54. The summed E-state index contributed by atoms with van der Waals surface area (Å²) in [6.45, 7) is 3.42. The SMILES string of the molecule is CCCOCCNC(=O)CCCC[C@H](NC(=O)N[C@@H](CCC(=O)O)C(=O)O)C(=O)O. The molecule has 0 fully saturated rings. The maximum absolute atomic E-state index is 11.9. The van der Waals surface area contributed by atoms with Gasteiger partial charge in [-0.25, -0.2) is 14.4 Å². The molecule has 0 saturated carbocycles. The van der Waals surface area contributed by atoms with E-state index in [2.05, 4.69) is 16.0 Å². The molecule has 0 aromatic heterocycles. The highest BCUT2D eigenvalue weighted by Crippen LogP contribution is 2.05. The number of nitrogens with one attached hydrogen (secondary N) is 3. The van der Waals surface area contributed by atoms with Crippen LogP contribution < -0.4 is 16.0 Å². The zero-order valence-electron chi connectivity index (χ0n) is 17.0. The Labute approximate surface area is 174 Å². The van der Waals surface area contributed by atoms with Crippen molar-refractivity contribution in [1.29, 1.82) is 0 Å². The number of carbonyl (C=O) groups excluding carboxylic acids is 2. The van der Waals surface area contributed by atoms with E-state index in [9.17, 15) is 29.1 Å². The van der Waals surface area contributed by atoms with E-state index in [-0.39, 0.29) is 25.2 Å². The van der Waals surface area contributed by atoms with Crippen LogP contribution in [0.3, 0.4) is 0 Å². The molecule has 30 heavy (non-hydrogen) atoms. The zero-order valence-corrected chi connectivity index (χ0v) is 17.0. The maximum atomic E-state index is 11.9. The Morgan fingerprint density at radius 3 is 1.97 bits per heavy atom. The lowest BCUT2D eigenvalue weighted by Gasteiger charge is -2.18. The minimum Gasteiger partial charge on any atom is -0.481 e. The number of amides is 3. The van der Waals surface area contributed by atoms with E-state index in [0.29, 0.717) is 32.6 Å². The van der Waals surface area contributed by atoms with Gasteiger partial charge in [0.1, 0.15) is 12.1 Å². The van der Waals surface area contributed by atoms with Crippen LogP contribution in [0.15, 0.2) is 0 Å². The fraction of sp³-hybridized carbons (Fsp3) is 0.722. The van der Waals surface area contributed by atoms with Gasteiger partial charge in [-0.15, -0.1) is 0 Å². The van der Waals surface area contributed by atoms with Gasteiger partial charge < -0.3 is 36.0 Å². The van der Waals surface area contributed by atoms with Gasteiger partial charge in [0.05, 0.1) is 6.61 Å². The summed E-state index contributed by atoms with van der Waals surface area (Å²) in [7, 11) is 0. The second-order valence-electron chi connectivity index (χ2n) is 6.54. The summed E-state index contributed by atoms with van der Waals surface area (Å²) in [5, 5.41) is 33.7. The molecule has 0 spiro atoms. The summed E-state index contributed by atoms with van der Waals surface area (Å²) in [6.07, 6.45) is 1.08. The van der Waals surface area contributed by atoms with Gasteiger partial charge >= 0.3 is 23.9 Å². The van der Waals surface area contributed by atoms with Gasteiger partial charge in [-0.2, -0.15) is 0 Å². The van der Waals surface area contributed by atoms with E-state index < -0.39 is 42.4 Å². The molecule has 0 aliphatic rings. The van der Waals surface area contributed by atoms with Gasteiger partial charge in [-0.05, 0) is 25.7 Å². The lowest BCUT2D eigenvalue weighted by Crippen LogP contribution is -2.51. The number of carboxylic acid groups (broad SMARTS) is 3. The van der Waals surface area contributed by atoms with E-state index >= 15 is 0 Å². The standard InChI is InChI=1S/C18H31N3O9/c1-2-10-30-11-9-19-14(22)6-4-3-5-12(16(25)26)20-18(29)21-13(17(27)28)7-8-15(23)24/h12-13H,2-11H2,1H3,(H,19,22)(H,23,24)(H,25,26)(H,27,28)(H2,20,21,29)/t12-,13-/m0/s1. The van der Waals surface area contributed by atoms with Gasteiger partial charge in [0.15, 0.2) is 0 Å². The first-order valence-electron chi connectivity index (χ1n) is 9.76. The molecule has 0 unspecified atom stereocenters. The second kappa shape index (κ2) is 16.0. The van der Waals surface area contributed by atoms with Gasteiger partial charge in [-0.1, -0.05) is 13.3 Å². The van der Waals surface area contributed by atoms with E-state index in [1.54, 1.807) is 0 Å². The number of carboxylic acids is 3. The monoisotopic (exact) mass is 433 g/mol. The van der Waals surface area contributed by atoms with Crippen molar-refractivity contribution in [2.75, 3.05) is 19.8 Å². The van der Waals surface area contributed by atoms with Crippen LogP contribution in [0, 0.1) is 0 Å². The smallest absolute Gasteiger partial charge is 0.326 e. The highest BCUT2D eigenvalue weighted by atomic mass is 16.5. The first-order valence-corrected chi connectivity index (χ1v) is 9.76. The fourth-order valence-corrected chi connectivity index (χ4v) is 2.37. The number of carbonyl (C=O) groups is 5. The summed E-state index contributed by atoms with van der Waals surface area (Å²) < 4.78 is 5.23. The molecular weight excluding hydrogens is 402 g/mol. The maximum Gasteiger partial charge on any atom is 0.326 e. The van der Waals surface area contributed by atoms with Crippen molar-refractivity contribution in [1.82, 2.24) is 16.0 Å². The van der Waals surface area contributed by atoms with E-state index in [0.717, 1.165) is 6.42 Å². The molecule has 0 aromatic rings. The lowest BCUT2D eigenvalue weighted by atomic mass is 10.1. The highest BCUT2D eigenvalue weighted by molar-refractivity contribution is 5.86. The van der Waals surface area contributed by atoms with Crippen LogP contribution in [0.25, 0.3) is 0 Å². The number of unbranched alkanes of at least 4 members (excludes halogenated alkanes) is 1. The first-order chi connectivity index (χ1) is 14.2. The summed E-state index contributed by atoms with van der Waals surface area (Å²) in [5.74, 6) is -4.13. The Hall–Kier alpha value is -2.89. The minimum absolute atomic E-state index is 0.0442. The number of aliphatic carboxylic acids is 3. The molecule has 2 atom stereocenters. The molecule has 12 heteroatoms. The van der Waals surface area contributed by atoms with E-state index in [1.807, 2.05) is 6.92 Å². The van der Waals surface area contributed by atoms with Crippen LogP contribution in [-0.2, 0) is 23.9 Å². The third-order valence-corrected chi connectivity index (χ3v) is 3.92.